The number of anilines is 1. The van der Waals surface area contributed by atoms with Gasteiger partial charge in [0, 0.05) is 76.7 Å². The lowest BCUT2D eigenvalue weighted by Crippen LogP contribution is -2.46. The molecule has 1 aromatic rings. The molecule has 3 rings (SSSR count). The Morgan fingerprint density at radius 3 is 2.30 bits per heavy atom. The van der Waals surface area contributed by atoms with Crippen molar-refractivity contribution in [2.75, 3.05) is 63.9 Å². The SMILES string of the molecule is C#CCCN1CCN(Cc2cnc(N3CCOCC3)nc2)CC1. The molecule has 1 aromatic heterocycles. The van der Waals surface area contributed by atoms with Crippen LogP contribution in [0, 0.1) is 12.3 Å². The smallest absolute Gasteiger partial charge is 0.225 e. The molecule has 2 saturated heterocycles. The molecule has 124 valence electrons. The molecule has 2 fully saturated rings. The third-order valence-electron chi connectivity index (χ3n) is 4.43. The Morgan fingerprint density at radius 1 is 1.00 bits per heavy atom. The van der Waals surface area contributed by atoms with Crippen molar-refractivity contribution in [3.8, 4) is 12.3 Å². The highest BCUT2D eigenvalue weighted by Crippen LogP contribution is 2.12. The van der Waals surface area contributed by atoms with Gasteiger partial charge in [0.25, 0.3) is 0 Å². The van der Waals surface area contributed by atoms with Crippen LogP contribution in [-0.4, -0.2) is 78.8 Å². The molecule has 6 heteroatoms. The van der Waals surface area contributed by atoms with Crippen molar-refractivity contribution >= 4 is 5.95 Å². The molecule has 0 unspecified atom stereocenters. The van der Waals surface area contributed by atoms with Crippen LogP contribution in [0.1, 0.15) is 12.0 Å². The summed E-state index contributed by atoms with van der Waals surface area (Å²) in [6.45, 7) is 9.55. The van der Waals surface area contributed by atoms with Crippen LogP contribution in [0.3, 0.4) is 0 Å². The number of morpholine rings is 1. The summed E-state index contributed by atoms with van der Waals surface area (Å²) in [6, 6.07) is 0. The lowest BCUT2D eigenvalue weighted by molar-refractivity contribution is 0.122. The van der Waals surface area contributed by atoms with Gasteiger partial charge in [0.15, 0.2) is 0 Å². The number of aromatic nitrogens is 2. The quantitative estimate of drug-likeness (QED) is 0.736. The first-order valence-corrected chi connectivity index (χ1v) is 8.37. The maximum atomic E-state index is 5.36. The zero-order valence-corrected chi connectivity index (χ0v) is 13.7. The molecule has 0 amide bonds. The fourth-order valence-electron chi connectivity index (χ4n) is 3.01. The third kappa shape index (κ3) is 4.64. The average Bonchev–Trinajstić information content (AvgIpc) is 2.62. The first-order valence-electron chi connectivity index (χ1n) is 8.37. The van der Waals surface area contributed by atoms with E-state index in [4.69, 9.17) is 11.2 Å². The average molecular weight is 315 g/mol. The molecule has 23 heavy (non-hydrogen) atoms. The normalized spacial score (nSPS) is 20.4. The van der Waals surface area contributed by atoms with Crippen molar-refractivity contribution in [1.82, 2.24) is 19.8 Å². The van der Waals surface area contributed by atoms with Crippen LogP contribution in [0.25, 0.3) is 0 Å². The molecule has 0 bridgehead atoms. The van der Waals surface area contributed by atoms with E-state index in [0.29, 0.717) is 0 Å². The molecule has 0 radical (unpaired) electrons. The maximum absolute atomic E-state index is 5.36. The highest BCUT2D eigenvalue weighted by molar-refractivity contribution is 5.30. The fourth-order valence-corrected chi connectivity index (χ4v) is 3.01. The molecule has 6 nitrogen and oxygen atoms in total. The van der Waals surface area contributed by atoms with Gasteiger partial charge in [0.05, 0.1) is 13.2 Å². The minimum Gasteiger partial charge on any atom is -0.378 e. The fraction of sp³-hybridized carbons (Fsp3) is 0.647. The summed E-state index contributed by atoms with van der Waals surface area (Å²) < 4.78 is 5.36. The molecule has 3 heterocycles. The predicted molar refractivity (Wildman–Crippen MR) is 90.2 cm³/mol. The molecule has 0 saturated carbocycles. The Morgan fingerprint density at radius 2 is 1.65 bits per heavy atom. The van der Waals surface area contributed by atoms with E-state index in [0.717, 1.165) is 77.9 Å². The summed E-state index contributed by atoms with van der Waals surface area (Å²) in [5, 5.41) is 0. The number of hydrogen-bond donors (Lipinski definition) is 0. The van der Waals surface area contributed by atoms with E-state index < -0.39 is 0 Å². The lowest BCUT2D eigenvalue weighted by atomic mass is 10.2. The molecule has 0 N–H and O–H groups in total. The van der Waals surface area contributed by atoms with Gasteiger partial charge >= 0.3 is 0 Å². The number of ether oxygens (including phenoxy) is 1. The van der Waals surface area contributed by atoms with E-state index in [1.807, 2.05) is 12.4 Å². The van der Waals surface area contributed by atoms with Crippen LogP contribution in [0.4, 0.5) is 5.95 Å². The van der Waals surface area contributed by atoms with Gasteiger partial charge in [-0.15, -0.1) is 12.3 Å². The Labute approximate surface area is 138 Å². The minimum absolute atomic E-state index is 0.759. The number of hydrogen-bond acceptors (Lipinski definition) is 6. The van der Waals surface area contributed by atoms with Crippen molar-refractivity contribution in [2.45, 2.75) is 13.0 Å². The van der Waals surface area contributed by atoms with Crippen molar-refractivity contribution in [1.29, 1.82) is 0 Å². The number of terminal acetylenes is 1. The molecular weight excluding hydrogens is 290 g/mol. The van der Waals surface area contributed by atoms with E-state index in [9.17, 15) is 0 Å². The second-order valence-corrected chi connectivity index (χ2v) is 6.06. The van der Waals surface area contributed by atoms with E-state index in [-0.39, 0.29) is 0 Å². The van der Waals surface area contributed by atoms with E-state index >= 15 is 0 Å². The molecule has 2 aliphatic heterocycles. The van der Waals surface area contributed by atoms with E-state index in [1.54, 1.807) is 0 Å². The molecular formula is C17H25N5O. The van der Waals surface area contributed by atoms with Crippen LogP contribution in [0.15, 0.2) is 12.4 Å². The van der Waals surface area contributed by atoms with E-state index in [1.165, 1.54) is 5.56 Å². The van der Waals surface area contributed by atoms with Crippen LogP contribution >= 0.6 is 0 Å². The van der Waals surface area contributed by atoms with Crippen LogP contribution < -0.4 is 4.90 Å². The van der Waals surface area contributed by atoms with Gasteiger partial charge in [-0.3, -0.25) is 9.80 Å². The van der Waals surface area contributed by atoms with Crippen molar-refractivity contribution < 1.29 is 4.74 Å². The molecule has 2 aliphatic rings. The highest BCUT2D eigenvalue weighted by atomic mass is 16.5. The maximum Gasteiger partial charge on any atom is 0.225 e. The standard InChI is InChI=1S/C17H25N5O/c1-2-3-4-20-5-7-21(8-6-20)15-16-13-18-17(19-14-16)22-9-11-23-12-10-22/h1,13-14H,3-12,15H2. The first kappa shape index (κ1) is 16.2. The summed E-state index contributed by atoms with van der Waals surface area (Å²) in [5.41, 5.74) is 1.18. The van der Waals surface area contributed by atoms with Gasteiger partial charge in [-0.25, -0.2) is 9.97 Å². The predicted octanol–water partition coefficient (Wildman–Crippen LogP) is 0.454. The summed E-state index contributed by atoms with van der Waals surface area (Å²) in [4.78, 5) is 16.1. The number of rotatable bonds is 5. The van der Waals surface area contributed by atoms with Crippen molar-refractivity contribution in [2.24, 2.45) is 0 Å². The second-order valence-electron chi connectivity index (χ2n) is 6.06. The zero-order chi connectivity index (χ0) is 15.9. The summed E-state index contributed by atoms with van der Waals surface area (Å²) in [7, 11) is 0. The highest BCUT2D eigenvalue weighted by Gasteiger charge is 2.17. The van der Waals surface area contributed by atoms with Gasteiger partial charge < -0.3 is 9.64 Å². The number of nitrogens with zero attached hydrogens (tertiary/aromatic N) is 5. The van der Waals surface area contributed by atoms with Crippen LogP contribution in [0.5, 0.6) is 0 Å². The van der Waals surface area contributed by atoms with Gasteiger partial charge in [-0.05, 0) is 0 Å². The van der Waals surface area contributed by atoms with Gasteiger partial charge in [0.1, 0.15) is 0 Å². The van der Waals surface area contributed by atoms with Crippen LogP contribution in [-0.2, 0) is 11.3 Å². The minimum atomic E-state index is 0.759. The third-order valence-corrected chi connectivity index (χ3v) is 4.43. The Kier molecular flexibility index (Phi) is 5.81. The van der Waals surface area contributed by atoms with Gasteiger partial charge in [0.2, 0.25) is 5.95 Å². The van der Waals surface area contributed by atoms with Gasteiger partial charge in [-0.1, -0.05) is 0 Å². The number of piperazine rings is 1. The first-order chi connectivity index (χ1) is 11.3. The summed E-state index contributed by atoms with van der Waals surface area (Å²) >= 11 is 0. The zero-order valence-electron chi connectivity index (χ0n) is 13.7. The monoisotopic (exact) mass is 315 g/mol. The Balaban J connectivity index is 1.46. The molecule has 0 aliphatic carbocycles. The van der Waals surface area contributed by atoms with Gasteiger partial charge in [-0.2, -0.15) is 0 Å². The Bertz CT molecular complexity index is 513. The second kappa shape index (κ2) is 8.25. The van der Waals surface area contributed by atoms with Crippen LogP contribution in [0.2, 0.25) is 0 Å². The summed E-state index contributed by atoms with van der Waals surface area (Å²) in [6.07, 6.45) is 10.1. The molecule has 0 aromatic carbocycles. The molecule has 0 atom stereocenters. The Hall–Kier alpha value is -1.68. The molecule has 0 spiro atoms. The lowest BCUT2D eigenvalue weighted by Gasteiger charge is -2.34. The largest absolute Gasteiger partial charge is 0.378 e. The summed E-state index contributed by atoms with van der Waals surface area (Å²) in [5.74, 6) is 3.53. The topological polar surface area (TPSA) is 44.7 Å². The van der Waals surface area contributed by atoms with E-state index in [2.05, 4.69) is 30.6 Å². The van der Waals surface area contributed by atoms with Crippen molar-refractivity contribution in [3.63, 3.8) is 0 Å². The van der Waals surface area contributed by atoms with Crippen molar-refractivity contribution in [3.05, 3.63) is 18.0 Å².